The first-order valence-corrected chi connectivity index (χ1v) is 10.4. The van der Waals surface area contributed by atoms with Crippen LogP contribution in [0.3, 0.4) is 0 Å². The molecule has 0 saturated heterocycles. The van der Waals surface area contributed by atoms with Crippen LogP contribution in [-0.2, 0) is 6.42 Å². The molecule has 0 aliphatic heterocycles. The fraction of sp³-hybridized carbons (Fsp3) is 0.333. The highest BCUT2D eigenvalue weighted by molar-refractivity contribution is 5.60. The molecule has 0 bridgehead atoms. The predicted octanol–water partition coefficient (Wildman–Crippen LogP) is 5.42. The fourth-order valence-electron chi connectivity index (χ4n) is 3.34. The van der Waals surface area contributed by atoms with Crippen molar-refractivity contribution in [2.45, 2.75) is 33.6 Å². The zero-order chi connectivity index (χ0) is 20.5. The summed E-state index contributed by atoms with van der Waals surface area (Å²) in [6.07, 6.45) is 2.12. The molecular weight excluding hydrogens is 358 g/mol. The Labute approximate surface area is 174 Å². The minimum atomic E-state index is 0.617. The normalized spacial score (nSPS) is 10.6. The highest BCUT2D eigenvalue weighted by Crippen LogP contribution is 2.20. The first-order valence-electron chi connectivity index (χ1n) is 10.4. The molecule has 5 heteroatoms. The molecule has 5 nitrogen and oxygen atoms in total. The minimum absolute atomic E-state index is 0.617. The number of benzene rings is 2. The summed E-state index contributed by atoms with van der Waals surface area (Å²) in [6.45, 7) is 9.22. The van der Waals surface area contributed by atoms with E-state index in [0.717, 1.165) is 49.7 Å². The van der Waals surface area contributed by atoms with Crippen LogP contribution < -0.4 is 15.5 Å². The van der Waals surface area contributed by atoms with Crippen molar-refractivity contribution >= 4 is 23.1 Å². The van der Waals surface area contributed by atoms with E-state index in [2.05, 4.69) is 93.9 Å². The van der Waals surface area contributed by atoms with Gasteiger partial charge in [-0.15, -0.1) is 0 Å². The molecule has 1 heterocycles. The third kappa shape index (κ3) is 6.21. The zero-order valence-electron chi connectivity index (χ0n) is 17.7. The number of hydrogen-bond acceptors (Lipinski definition) is 5. The molecule has 1 aromatic heterocycles. The van der Waals surface area contributed by atoms with Gasteiger partial charge in [0, 0.05) is 42.8 Å². The molecule has 0 amide bonds. The Hall–Kier alpha value is -3.08. The number of nitrogens with one attached hydrogen (secondary N) is 2. The lowest BCUT2D eigenvalue weighted by Crippen LogP contribution is -2.21. The van der Waals surface area contributed by atoms with Gasteiger partial charge in [0.2, 0.25) is 5.95 Å². The Bertz CT molecular complexity index is 874. The second kappa shape index (κ2) is 10.5. The molecule has 0 aliphatic rings. The molecule has 2 N–H and O–H groups in total. The van der Waals surface area contributed by atoms with Crippen molar-refractivity contribution in [3.05, 3.63) is 71.9 Å². The Morgan fingerprint density at radius 1 is 0.897 bits per heavy atom. The maximum Gasteiger partial charge on any atom is 0.229 e. The third-order valence-electron chi connectivity index (χ3n) is 4.90. The monoisotopic (exact) mass is 389 g/mol. The lowest BCUT2D eigenvalue weighted by atomic mass is 10.1. The maximum absolute atomic E-state index is 4.62. The van der Waals surface area contributed by atoms with Gasteiger partial charge in [0.1, 0.15) is 5.82 Å². The highest BCUT2D eigenvalue weighted by atomic mass is 15.1. The van der Waals surface area contributed by atoms with Crippen molar-refractivity contribution < 1.29 is 0 Å². The first-order chi connectivity index (χ1) is 14.2. The Morgan fingerprint density at radius 2 is 1.62 bits per heavy atom. The van der Waals surface area contributed by atoms with Gasteiger partial charge in [-0.2, -0.15) is 4.98 Å². The van der Waals surface area contributed by atoms with E-state index in [9.17, 15) is 0 Å². The molecule has 0 radical (unpaired) electrons. The van der Waals surface area contributed by atoms with Gasteiger partial charge in [-0.25, -0.2) is 4.98 Å². The van der Waals surface area contributed by atoms with Gasteiger partial charge in [-0.05, 0) is 63.4 Å². The highest BCUT2D eigenvalue weighted by Gasteiger charge is 2.05. The second-order valence-electron chi connectivity index (χ2n) is 7.08. The molecule has 0 unspecified atom stereocenters. The lowest BCUT2D eigenvalue weighted by Gasteiger charge is -2.21. The summed E-state index contributed by atoms with van der Waals surface area (Å²) in [5.74, 6) is 1.47. The van der Waals surface area contributed by atoms with E-state index >= 15 is 0 Å². The number of anilines is 4. The molecule has 3 rings (SSSR count). The van der Waals surface area contributed by atoms with E-state index in [1.54, 1.807) is 0 Å². The molecule has 3 aromatic rings. The van der Waals surface area contributed by atoms with Crippen LogP contribution in [0.25, 0.3) is 0 Å². The molecule has 0 atom stereocenters. The van der Waals surface area contributed by atoms with Gasteiger partial charge >= 0.3 is 0 Å². The molecule has 0 fully saturated rings. The average molecular weight is 390 g/mol. The molecule has 2 aromatic carbocycles. The van der Waals surface area contributed by atoms with E-state index in [4.69, 9.17) is 0 Å². The smallest absolute Gasteiger partial charge is 0.229 e. The van der Waals surface area contributed by atoms with Crippen LogP contribution in [0, 0.1) is 6.92 Å². The zero-order valence-corrected chi connectivity index (χ0v) is 17.7. The van der Waals surface area contributed by atoms with Crippen LogP contribution in [0.2, 0.25) is 0 Å². The summed E-state index contributed by atoms with van der Waals surface area (Å²) in [4.78, 5) is 11.5. The van der Waals surface area contributed by atoms with E-state index < -0.39 is 0 Å². The van der Waals surface area contributed by atoms with Crippen LogP contribution in [0.1, 0.15) is 31.5 Å². The predicted molar refractivity (Wildman–Crippen MR) is 123 cm³/mol. The Balaban J connectivity index is 1.57. The molecule has 0 aliphatic carbocycles. The van der Waals surface area contributed by atoms with Crippen molar-refractivity contribution in [2.75, 3.05) is 35.2 Å². The molecule has 152 valence electrons. The standard InChI is InChI=1S/C24H31N5/c1-4-29(5-2)22-15-13-21(14-16-22)27-24-26-19(3)18-23(28-24)25-17-9-12-20-10-7-6-8-11-20/h6-8,10-11,13-16,18H,4-5,9,12,17H2,1-3H3,(H2,25,26,27,28). The number of aromatic nitrogens is 2. The van der Waals surface area contributed by atoms with Gasteiger partial charge < -0.3 is 15.5 Å². The summed E-state index contributed by atoms with van der Waals surface area (Å²) >= 11 is 0. The van der Waals surface area contributed by atoms with Gasteiger partial charge in [-0.3, -0.25) is 0 Å². The van der Waals surface area contributed by atoms with E-state index in [1.807, 2.05) is 13.0 Å². The van der Waals surface area contributed by atoms with Crippen molar-refractivity contribution in [1.29, 1.82) is 0 Å². The summed E-state index contributed by atoms with van der Waals surface area (Å²) in [6, 6.07) is 21.0. The fourth-order valence-corrected chi connectivity index (χ4v) is 3.34. The van der Waals surface area contributed by atoms with Crippen LogP contribution in [0.4, 0.5) is 23.1 Å². The van der Waals surface area contributed by atoms with E-state index in [1.165, 1.54) is 11.3 Å². The van der Waals surface area contributed by atoms with Crippen molar-refractivity contribution in [2.24, 2.45) is 0 Å². The van der Waals surface area contributed by atoms with Crippen LogP contribution >= 0.6 is 0 Å². The maximum atomic E-state index is 4.62. The Morgan fingerprint density at radius 3 is 2.31 bits per heavy atom. The summed E-state index contributed by atoms with van der Waals surface area (Å²) in [5, 5.41) is 6.75. The second-order valence-corrected chi connectivity index (χ2v) is 7.08. The number of aryl methyl sites for hydroxylation is 2. The largest absolute Gasteiger partial charge is 0.372 e. The average Bonchev–Trinajstić information content (AvgIpc) is 2.74. The van der Waals surface area contributed by atoms with E-state index in [0.29, 0.717) is 5.95 Å². The SMILES string of the molecule is CCN(CC)c1ccc(Nc2nc(C)cc(NCCCc3ccccc3)n2)cc1. The van der Waals surface area contributed by atoms with Crippen molar-refractivity contribution in [3.63, 3.8) is 0 Å². The third-order valence-corrected chi connectivity index (χ3v) is 4.90. The summed E-state index contributed by atoms with van der Waals surface area (Å²) in [7, 11) is 0. The summed E-state index contributed by atoms with van der Waals surface area (Å²) < 4.78 is 0. The topological polar surface area (TPSA) is 53.1 Å². The van der Waals surface area contributed by atoms with Gasteiger partial charge in [0.05, 0.1) is 0 Å². The summed E-state index contributed by atoms with van der Waals surface area (Å²) in [5.41, 5.74) is 4.52. The van der Waals surface area contributed by atoms with Crippen molar-refractivity contribution in [1.82, 2.24) is 9.97 Å². The minimum Gasteiger partial charge on any atom is -0.372 e. The van der Waals surface area contributed by atoms with Crippen LogP contribution in [0.5, 0.6) is 0 Å². The van der Waals surface area contributed by atoms with Gasteiger partial charge in [-0.1, -0.05) is 30.3 Å². The molecule has 0 spiro atoms. The van der Waals surface area contributed by atoms with Gasteiger partial charge in [0.15, 0.2) is 0 Å². The van der Waals surface area contributed by atoms with Crippen LogP contribution in [-0.4, -0.2) is 29.6 Å². The van der Waals surface area contributed by atoms with Crippen LogP contribution in [0.15, 0.2) is 60.7 Å². The quantitative estimate of drug-likeness (QED) is 0.454. The molecule has 0 saturated carbocycles. The van der Waals surface area contributed by atoms with Gasteiger partial charge in [0.25, 0.3) is 0 Å². The van der Waals surface area contributed by atoms with E-state index in [-0.39, 0.29) is 0 Å². The number of rotatable bonds is 10. The first kappa shape index (κ1) is 20.6. The molecular formula is C24H31N5. The number of nitrogens with zero attached hydrogens (tertiary/aromatic N) is 3. The Kier molecular flexibility index (Phi) is 7.45. The number of hydrogen-bond donors (Lipinski definition) is 2. The van der Waals surface area contributed by atoms with Crippen molar-refractivity contribution in [3.8, 4) is 0 Å². The molecule has 29 heavy (non-hydrogen) atoms. The lowest BCUT2D eigenvalue weighted by molar-refractivity contribution is 0.857.